The summed E-state index contributed by atoms with van der Waals surface area (Å²) in [5.41, 5.74) is 0.551. The van der Waals surface area contributed by atoms with Gasteiger partial charge in [-0.05, 0) is 31.0 Å². The summed E-state index contributed by atoms with van der Waals surface area (Å²) in [5, 5.41) is 9.89. The third kappa shape index (κ3) is 2.30. The lowest BCUT2D eigenvalue weighted by molar-refractivity contribution is -0.0973. The smallest absolute Gasteiger partial charge is 0.133 e. The summed E-state index contributed by atoms with van der Waals surface area (Å²) >= 11 is 3.50. The highest BCUT2D eigenvalue weighted by Gasteiger charge is 2.47. The molecule has 2 unspecified atom stereocenters. The van der Waals surface area contributed by atoms with Crippen LogP contribution < -0.4 is 4.74 Å². The Labute approximate surface area is 122 Å². The normalized spacial score (nSPS) is 33.8. The molecule has 104 valence electrons. The van der Waals surface area contributed by atoms with E-state index in [1.165, 1.54) is 0 Å². The van der Waals surface area contributed by atoms with Gasteiger partial charge in [-0.25, -0.2) is 0 Å². The molecule has 1 aromatic rings. The third-order valence-corrected chi connectivity index (χ3v) is 4.76. The van der Waals surface area contributed by atoms with Crippen molar-refractivity contribution >= 4 is 15.9 Å². The van der Waals surface area contributed by atoms with Crippen LogP contribution in [-0.4, -0.2) is 30.5 Å². The molecule has 0 aromatic heterocycles. The maximum Gasteiger partial charge on any atom is 0.133 e. The van der Waals surface area contributed by atoms with E-state index < -0.39 is 0 Å². The standard InChI is InChI=1S/C15H19BrO3/c1-14(9-17)8-15(5-2-6-18-10-15)19-13-4-3-11(16)7-12(13)14/h3-4,7,17H,2,5-6,8-10H2,1H3. The Morgan fingerprint density at radius 3 is 2.95 bits per heavy atom. The number of hydrogen-bond donors (Lipinski definition) is 1. The molecule has 2 heterocycles. The predicted octanol–water partition coefficient (Wildman–Crippen LogP) is 3.03. The average molecular weight is 327 g/mol. The van der Waals surface area contributed by atoms with Crippen molar-refractivity contribution in [2.75, 3.05) is 19.8 Å². The fourth-order valence-corrected chi connectivity index (χ4v) is 3.69. The van der Waals surface area contributed by atoms with E-state index in [9.17, 15) is 5.11 Å². The topological polar surface area (TPSA) is 38.7 Å². The van der Waals surface area contributed by atoms with Crippen molar-refractivity contribution in [1.29, 1.82) is 0 Å². The molecule has 0 amide bonds. The van der Waals surface area contributed by atoms with Gasteiger partial charge in [0, 0.05) is 28.5 Å². The molecule has 2 aliphatic rings. The Hall–Kier alpha value is -0.580. The first-order valence-electron chi connectivity index (χ1n) is 6.75. The number of fused-ring (bicyclic) bond motifs is 1. The van der Waals surface area contributed by atoms with Crippen LogP contribution in [0.1, 0.15) is 31.7 Å². The lowest BCUT2D eigenvalue weighted by atomic mass is 9.70. The first kappa shape index (κ1) is 13.4. The molecule has 0 aliphatic carbocycles. The van der Waals surface area contributed by atoms with Gasteiger partial charge < -0.3 is 14.6 Å². The van der Waals surface area contributed by atoms with Crippen LogP contribution >= 0.6 is 15.9 Å². The van der Waals surface area contributed by atoms with Gasteiger partial charge in [0.15, 0.2) is 0 Å². The molecule has 4 heteroatoms. The summed E-state index contributed by atoms with van der Waals surface area (Å²) in [6.07, 6.45) is 2.82. The van der Waals surface area contributed by atoms with Crippen LogP contribution in [0.15, 0.2) is 22.7 Å². The minimum atomic E-state index is -0.267. The zero-order valence-electron chi connectivity index (χ0n) is 11.1. The number of rotatable bonds is 1. The van der Waals surface area contributed by atoms with E-state index >= 15 is 0 Å². The van der Waals surface area contributed by atoms with Crippen molar-refractivity contribution in [2.24, 2.45) is 0 Å². The van der Waals surface area contributed by atoms with Crippen molar-refractivity contribution < 1.29 is 14.6 Å². The highest BCUT2D eigenvalue weighted by molar-refractivity contribution is 9.10. The van der Waals surface area contributed by atoms with Gasteiger partial charge in [0.05, 0.1) is 13.2 Å². The molecule has 0 radical (unpaired) electrons. The fourth-order valence-electron chi connectivity index (χ4n) is 3.33. The van der Waals surface area contributed by atoms with Gasteiger partial charge in [0.25, 0.3) is 0 Å². The van der Waals surface area contributed by atoms with Crippen molar-refractivity contribution in [3.05, 3.63) is 28.2 Å². The molecule has 1 saturated heterocycles. The Bertz CT molecular complexity index is 482. The van der Waals surface area contributed by atoms with Gasteiger partial charge >= 0.3 is 0 Å². The Kier molecular flexibility index (Phi) is 3.36. The zero-order valence-corrected chi connectivity index (χ0v) is 12.7. The molecule has 3 nitrogen and oxygen atoms in total. The third-order valence-electron chi connectivity index (χ3n) is 4.27. The average Bonchev–Trinajstić information content (AvgIpc) is 2.41. The molecule has 19 heavy (non-hydrogen) atoms. The van der Waals surface area contributed by atoms with Crippen molar-refractivity contribution in [3.63, 3.8) is 0 Å². The summed E-state index contributed by atoms with van der Waals surface area (Å²) in [7, 11) is 0. The van der Waals surface area contributed by atoms with Crippen LogP contribution in [0.5, 0.6) is 5.75 Å². The SMILES string of the molecule is CC1(CO)CC2(CCCOC2)Oc2ccc(Br)cc21. The highest BCUT2D eigenvalue weighted by atomic mass is 79.9. The Morgan fingerprint density at radius 2 is 2.26 bits per heavy atom. The van der Waals surface area contributed by atoms with Crippen molar-refractivity contribution in [2.45, 2.75) is 37.2 Å². The van der Waals surface area contributed by atoms with Gasteiger partial charge in [-0.1, -0.05) is 22.9 Å². The molecular formula is C15H19BrO3. The highest BCUT2D eigenvalue weighted by Crippen LogP contribution is 2.48. The van der Waals surface area contributed by atoms with E-state index in [-0.39, 0.29) is 17.6 Å². The molecule has 3 rings (SSSR count). The number of ether oxygens (including phenoxy) is 2. The van der Waals surface area contributed by atoms with Crippen LogP contribution in [0, 0.1) is 0 Å². The van der Waals surface area contributed by atoms with E-state index in [0.717, 1.165) is 41.7 Å². The molecule has 0 saturated carbocycles. The van der Waals surface area contributed by atoms with Crippen molar-refractivity contribution in [1.82, 2.24) is 0 Å². The number of aliphatic hydroxyl groups is 1. The van der Waals surface area contributed by atoms with E-state index in [1.54, 1.807) is 0 Å². The Balaban J connectivity index is 2.04. The molecular weight excluding hydrogens is 308 g/mol. The lowest BCUT2D eigenvalue weighted by Crippen LogP contribution is -2.53. The number of aliphatic hydroxyl groups excluding tert-OH is 1. The van der Waals surface area contributed by atoms with Gasteiger partial charge in [0.1, 0.15) is 11.4 Å². The number of benzene rings is 1. The second-order valence-electron chi connectivity index (χ2n) is 5.98. The summed E-state index contributed by atoms with van der Waals surface area (Å²) in [4.78, 5) is 0. The molecule has 2 atom stereocenters. The van der Waals surface area contributed by atoms with Gasteiger partial charge in [-0.2, -0.15) is 0 Å². The first-order chi connectivity index (χ1) is 9.07. The second kappa shape index (κ2) is 4.76. The van der Waals surface area contributed by atoms with Crippen LogP contribution in [0.25, 0.3) is 0 Å². The zero-order chi connectivity index (χ0) is 13.5. The second-order valence-corrected chi connectivity index (χ2v) is 6.89. The van der Waals surface area contributed by atoms with E-state index in [4.69, 9.17) is 9.47 Å². The number of halogens is 1. The minimum Gasteiger partial charge on any atom is -0.485 e. The van der Waals surface area contributed by atoms with Gasteiger partial charge in [-0.3, -0.25) is 0 Å². The summed E-state index contributed by atoms with van der Waals surface area (Å²) in [6, 6.07) is 6.03. The lowest BCUT2D eigenvalue weighted by Gasteiger charge is -2.48. The van der Waals surface area contributed by atoms with Crippen molar-refractivity contribution in [3.8, 4) is 5.75 Å². The quantitative estimate of drug-likeness (QED) is 0.862. The fraction of sp³-hybridized carbons (Fsp3) is 0.600. The maximum absolute atomic E-state index is 9.89. The van der Waals surface area contributed by atoms with Gasteiger partial charge in [-0.15, -0.1) is 0 Å². The first-order valence-corrected chi connectivity index (χ1v) is 7.54. The maximum atomic E-state index is 9.89. The molecule has 1 spiro atoms. The summed E-state index contributed by atoms with van der Waals surface area (Å²) in [5.74, 6) is 0.886. The molecule has 2 aliphatic heterocycles. The van der Waals surface area contributed by atoms with Crippen LogP contribution in [0.2, 0.25) is 0 Å². The van der Waals surface area contributed by atoms with E-state index in [2.05, 4.69) is 28.9 Å². The van der Waals surface area contributed by atoms with E-state index in [0.29, 0.717) is 6.61 Å². The number of hydrogen-bond acceptors (Lipinski definition) is 3. The molecule has 1 aromatic carbocycles. The largest absolute Gasteiger partial charge is 0.485 e. The Morgan fingerprint density at radius 1 is 1.42 bits per heavy atom. The molecule has 1 N–H and O–H groups in total. The molecule has 0 bridgehead atoms. The summed E-state index contributed by atoms with van der Waals surface area (Å²) < 4.78 is 12.9. The van der Waals surface area contributed by atoms with Crippen LogP contribution in [0.4, 0.5) is 0 Å². The predicted molar refractivity (Wildman–Crippen MR) is 76.6 cm³/mol. The van der Waals surface area contributed by atoms with Gasteiger partial charge in [0.2, 0.25) is 0 Å². The van der Waals surface area contributed by atoms with E-state index in [1.807, 2.05) is 12.1 Å². The van der Waals surface area contributed by atoms with Crippen LogP contribution in [-0.2, 0) is 10.2 Å². The minimum absolute atomic E-state index is 0.127. The molecule has 1 fully saturated rings. The summed E-state index contributed by atoms with van der Waals surface area (Å²) in [6.45, 7) is 3.67. The van der Waals surface area contributed by atoms with Crippen LogP contribution in [0.3, 0.4) is 0 Å². The monoisotopic (exact) mass is 326 g/mol.